The maximum absolute atomic E-state index is 3.61. The maximum atomic E-state index is 3.61. The number of hydrogen-bond acceptors (Lipinski definition) is 2. The first-order valence-corrected chi connectivity index (χ1v) is 11.4. The highest BCUT2D eigenvalue weighted by atomic mass is 14.9. The highest BCUT2D eigenvalue weighted by Crippen LogP contribution is 2.23. The molecule has 164 valence electrons. The molecule has 0 aromatic heterocycles. The fourth-order valence-corrected chi connectivity index (χ4v) is 3.76. The summed E-state index contributed by atoms with van der Waals surface area (Å²) in [5.74, 6) is 0. The normalized spacial score (nSPS) is 13.2. The molecule has 2 aromatic carbocycles. The highest BCUT2D eigenvalue weighted by Gasteiger charge is 2.05. The second kappa shape index (κ2) is 14.3. The summed E-state index contributed by atoms with van der Waals surface area (Å²) in [6, 6.07) is 19.2. The standard InChI is InChI=1S/C29H38N2/c1-5-8-15-24(4)28(7-3)26(14-6-2)22-30-20-21-31-23-27-18-12-13-19-29(27)25-16-10-9-11-17-25/h5-6,8-19,30-31H,7,20-23H2,1-4H3/b8-5-,14-6-,24-15+,28-26-. The van der Waals surface area contributed by atoms with Gasteiger partial charge in [-0.05, 0) is 60.6 Å². The summed E-state index contributed by atoms with van der Waals surface area (Å²) in [7, 11) is 0. The van der Waals surface area contributed by atoms with Crippen LogP contribution in [0.1, 0.15) is 39.7 Å². The molecule has 0 fully saturated rings. The van der Waals surface area contributed by atoms with E-state index in [1.54, 1.807) is 0 Å². The van der Waals surface area contributed by atoms with E-state index in [2.05, 4.69) is 123 Å². The molecule has 0 saturated heterocycles. The van der Waals surface area contributed by atoms with Crippen LogP contribution in [-0.2, 0) is 6.54 Å². The van der Waals surface area contributed by atoms with Crippen LogP contribution in [-0.4, -0.2) is 19.6 Å². The van der Waals surface area contributed by atoms with Gasteiger partial charge in [0.2, 0.25) is 0 Å². The van der Waals surface area contributed by atoms with Crippen molar-refractivity contribution in [2.45, 2.75) is 40.7 Å². The molecule has 0 aliphatic carbocycles. The van der Waals surface area contributed by atoms with Crippen molar-refractivity contribution in [3.05, 3.63) is 107 Å². The molecule has 0 aliphatic heterocycles. The van der Waals surface area contributed by atoms with Crippen LogP contribution in [0.3, 0.4) is 0 Å². The van der Waals surface area contributed by atoms with Gasteiger partial charge in [-0.2, -0.15) is 0 Å². The molecule has 0 bridgehead atoms. The summed E-state index contributed by atoms with van der Waals surface area (Å²) >= 11 is 0. The van der Waals surface area contributed by atoms with Crippen molar-refractivity contribution in [1.29, 1.82) is 0 Å². The van der Waals surface area contributed by atoms with E-state index in [9.17, 15) is 0 Å². The molecule has 0 aliphatic rings. The van der Waals surface area contributed by atoms with Crippen molar-refractivity contribution in [2.75, 3.05) is 19.6 Å². The van der Waals surface area contributed by atoms with Crippen molar-refractivity contribution >= 4 is 0 Å². The van der Waals surface area contributed by atoms with Crippen molar-refractivity contribution < 1.29 is 0 Å². The molecule has 0 spiro atoms. The molecule has 0 saturated carbocycles. The van der Waals surface area contributed by atoms with E-state index in [1.807, 2.05) is 0 Å². The predicted octanol–water partition coefficient (Wildman–Crippen LogP) is 6.84. The van der Waals surface area contributed by atoms with Crippen LogP contribution in [0.2, 0.25) is 0 Å². The number of allylic oxidation sites excluding steroid dienone is 6. The Balaban J connectivity index is 1.89. The third-order valence-electron chi connectivity index (χ3n) is 5.34. The van der Waals surface area contributed by atoms with Crippen LogP contribution >= 0.6 is 0 Å². The molecule has 2 N–H and O–H groups in total. The average Bonchev–Trinajstić information content (AvgIpc) is 2.81. The lowest BCUT2D eigenvalue weighted by molar-refractivity contribution is 0.631. The van der Waals surface area contributed by atoms with Crippen LogP contribution < -0.4 is 10.6 Å². The first-order valence-electron chi connectivity index (χ1n) is 11.4. The summed E-state index contributed by atoms with van der Waals surface area (Å²) in [5.41, 5.74) is 8.05. The van der Waals surface area contributed by atoms with Crippen molar-refractivity contribution in [3.8, 4) is 11.1 Å². The number of benzene rings is 2. The second-order valence-corrected chi connectivity index (χ2v) is 7.61. The van der Waals surface area contributed by atoms with Gasteiger partial charge in [-0.15, -0.1) is 0 Å². The summed E-state index contributed by atoms with van der Waals surface area (Å²) in [6.45, 7) is 12.2. The minimum absolute atomic E-state index is 0.871. The van der Waals surface area contributed by atoms with E-state index >= 15 is 0 Å². The Labute approximate surface area is 189 Å². The Morgan fingerprint density at radius 2 is 1.58 bits per heavy atom. The third-order valence-corrected chi connectivity index (χ3v) is 5.34. The van der Waals surface area contributed by atoms with Gasteiger partial charge < -0.3 is 10.6 Å². The Morgan fingerprint density at radius 3 is 2.29 bits per heavy atom. The summed E-state index contributed by atoms with van der Waals surface area (Å²) in [4.78, 5) is 0. The number of rotatable bonds is 12. The zero-order chi connectivity index (χ0) is 22.3. The van der Waals surface area contributed by atoms with Gasteiger partial charge in [0.15, 0.2) is 0 Å². The van der Waals surface area contributed by atoms with Gasteiger partial charge in [0.05, 0.1) is 0 Å². The molecule has 0 unspecified atom stereocenters. The minimum Gasteiger partial charge on any atom is -0.311 e. The molecular formula is C29H38N2. The molecule has 0 radical (unpaired) electrons. The monoisotopic (exact) mass is 414 g/mol. The van der Waals surface area contributed by atoms with Crippen LogP contribution in [0.15, 0.2) is 102 Å². The van der Waals surface area contributed by atoms with Crippen molar-refractivity contribution in [3.63, 3.8) is 0 Å². The molecule has 31 heavy (non-hydrogen) atoms. The van der Waals surface area contributed by atoms with E-state index < -0.39 is 0 Å². The van der Waals surface area contributed by atoms with E-state index in [0.29, 0.717) is 0 Å². The van der Waals surface area contributed by atoms with Crippen LogP contribution in [0.4, 0.5) is 0 Å². The zero-order valence-corrected chi connectivity index (χ0v) is 19.6. The van der Waals surface area contributed by atoms with Crippen molar-refractivity contribution in [2.24, 2.45) is 0 Å². The van der Waals surface area contributed by atoms with Gasteiger partial charge in [0.1, 0.15) is 0 Å². The maximum Gasteiger partial charge on any atom is 0.0212 e. The smallest absolute Gasteiger partial charge is 0.0212 e. The summed E-state index contributed by atoms with van der Waals surface area (Å²) in [6.07, 6.45) is 11.8. The molecule has 0 atom stereocenters. The Bertz CT molecular complexity index is 901. The number of nitrogens with one attached hydrogen (secondary N) is 2. The lowest BCUT2D eigenvalue weighted by Gasteiger charge is -2.14. The number of hydrogen-bond donors (Lipinski definition) is 2. The van der Waals surface area contributed by atoms with Crippen LogP contribution in [0.5, 0.6) is 0 Å². The Morgan fingerprint density at radius 1 is 0.871 bits per heavy atom. The fraction of sp³-hybridized carbons (Fsp3) is 0.310. The SMILES string of the molecule is C\C=C/C=C(C)/C(CC)=C(/C=C\C)CNCCNCc1ccccc1-c1ccccc1. The Hall–Kier alpha value is -2.68. The third kappa shape index (κ3) is 8.16. The first kappa shape index (κ1) is 24.6. The van der Waals surface area contributed by atoms with Gasteiger partial charge in [0.25, 0.3) is 0 Å². The minimum atomic E-state index is 0.871. The molecule has 0 heterocycles. The highest BCUT2D eigenvalue weighted by molar-refractivity contribution is 5.67. The van der Waals surface area contributed by atoms with Gasteiger partial charge in [-0.3, -0.25) is 0 Å². The van der Waals surface area contributed by atoms with Gasteiger partial charge in [0, 0.05) is 26.2 Å². The molecular weight excluding hydrogens is 376 g/mol. The molecule has 2 nitrogen and oxygen atoms in total. The predicted molar refractivity (Wildman–Crippen MR) is 137 cm³/mol. The molecule has 2 rings (SSSR count). The Kier molecular flexibility index (Phi) is 11.4. The van der Waals surface area contributed by atoms with Gasteiger partial charge in [-0.25, -0.2) is 0 Å². The topological polar surface area (TPSA) is 24.1 Å². The average molecular weight is 415 g/mol. The van der Waals surface area contributed by atoms with Gasteiger partial charge >= 0.3 is 0 Å². The largest absolute Gasteiger partial charge is 0.311 e. The van der Waals surface area contributed by atoms with Gasteiger partial charge in [-0.1, -0.05) is 91.9 Å². The van der Waals surface area contributed by atoms with E-state index in [1.165, 1.54) is 33.4 Å². The fourth-order valence-electron chi connectivity index (χ4n) is 3.76. The second-order valence-electron chi connectivity index (χ2n) is 7.61. The quantitative estimate of drug-likeness (QED) is 0.293. The van der Waals surface area contributed by atoms with E-state index in [4.69, 9.17) is 0 Å². The molecule has 2 aromatic rings. The van der Waals surface area contributed by atoms with Crippen LogP contribution in [0.25, 0.3) is 11.1 Å². The van der Waals surface area contributed by atoms with E-state index in [0.717, 1.165) is 32.6 Å². The van der Waals surface area contributed by atoms with Crippen molar-refractivity contribution in [1.82, 2.24) is 10.6 Å². The van der Waals surface area contributed by atoms with Crippen LogP contribution in [0, 0.1) is 0 Å². The lowest BCUT2D eigenvalue weighted by Crippen LogP contribution is -2.28. The molecule has 0 amide bonds. The summed E-state index contributed by atoms with van der Waals surface area (Å²) in [5, 5.41) is 7.21. The zero-order valence-electron chi connectivity index (χ0n) is 19.6. The van der Waals surface area contributed by atoms with E-state index in [-0.39, 0.29) is 0 Å². The molecule has 2 heteroatoms. The summed E-state index contributed by atoms with van der Waals surface area (Å²) < 4.78 is 0. The first-order chi connectivity index (χ1) is 15.2. The lowest BCUT2D eigenvalue weighted by atomic mass is 9.97.